The van der Waals surface area contributed by atoms with E-state index in [1.807, 2.05) is 30.3 Å². The van der Waals surface area contributed by atoms with Crippen molar-refractivity contribution >= 4 is 6.41 Å². The summed E-state index contributed by atoms with van der Waals surface area (Å²) in [4.78, 5) is 10.7. The van der Waals surface area contributed by atoms with Crippen LogP contribution < -0.4 is 5.32 Å². The quantitative estimate of drug-likeness (QED) is 0.769. The summed E-state index contributed by atoms with van der Waals surface area (Å²) in [5.74, 6) is 0. The van der Waals surface area contributed by atoms with Crippen molar-refractivity contribution in [3.8, 4) is 0 Å². The van der Waals surface area contributed by atoms with Crippen LogP contribution in [0.5, 0.6) is 0 Å². The maximum atomic E-state index is 10.7. The van der Waals surface area contributed by atoms with E-state index < -0.39 is 0 Å². The first kappa shape index (κ1) is 11.6. The molecule has 0 saturated heterocycles. The number of nitrogens with one attached hydrogen (secondary N) is 1. The molecule has 1 aromatic rings. The number of benzene rings is 1. The monoisotopic (exact) mass is 227 g/mol. The van der Waals surface area contributed by atoms with Gasteiger partial charge in [-0.05, 0) is 30.4 Å². The molecule has 1 aromatic carbocycles. The van der Waals surface area contributed by atoms with Crippen molar-refractivity contribution in [2.24, 2.45) is 0 Å². The molecule has 1 aliphatic rings. The van der Waals surface area contributed by atoms with E-state index in [1.165, 1.54) is 5.57 Å². The average Bonchev–Trinajstić information content (AvgIpc) is 2.40. The van der Waals surface area contributed by atoms with Crippen molar-refractivity contribution in [1.29, 1.82) is 0 Å². The summed E-state index contributed by atoms with van der Waals surface area (Å²) in [7, 11) is 0. The van der Waals surface area contributed by atoms with E-state index in [0.717, 1.165) is 31.2 Å². The van der Waals surface area contributed by atoms with Crippen LogP contribution in [0.15, 0.2) is 54.1 Å². The normalized spacial score (nSPS) is 16.1. The lowest BCUT2D eigenvalue weighted by atomic mass is 9.96. The fourth-order valence-electron chi connectivity index (χ4n) is 2.10. The SMILES string of the molecule is O=CNC(CC1=CCCC=C1)c1ccccc1. The van der Waals surface area contributed by atoms with Crippen LogP contribution in [-0.2, 0) is 4.79 Å². The maximum absolute atomic E-state index is 10.7. The van der Waals surface area contributed by atoms with E-state index in [2.05, 4.69) is 23.5 Å². The Morgan fingerprint density at radius 1 is 1.24 bits per heavy atom. The van der Waals surface area contributed by atoms with Crippen LogP contribution in [-0.4, -0.2) is 6.41 Å². The molecule has 1 unspecified atom stereocenters. The lowest BCUT2D eigenvalue weighted by molar-refractivity contribution is -0.110. The van der Waals surface area contributed by atoms with Crippen molar-refractivity contribution in [3.63, 3.8) is 0 Å². The van der Waals surface area contributed by atoms with Crippen LogP contribution in [0.2, 0.25) is 0 Å². The van der Waals surface area contributed by atoms with Crippen molar-refractivity contribution in [2.75, 3.05) is 0 Å². The molecule has 2 nitrogen and oxygen atoms in total. The first-order chi connectivity index (χ1) is 8.40. The van der Waals surface area contributed by atoms with Gasteiger partial charge in [0.15, 0.2) is 0 Å². The van der Waals surface area contributed by atoms with Gasteiger partial charge in [0.25, 0.3) is 0 Å². The summed E-state index contributed by atoms with van der Waals surface area (Å²) in [5.41, 5.74) is 2.46. The Morgan fingerprint density at radius 3 is 2.71 bits per heavy atom. The van der Waals surface area contributed by atoms with Gasteiger partial charge >= 0.3 is 0 Å². The number of carbonyl (C=O) groups excluding carboxylic acids is 1. The largest absolute Gasteiger partial charge is 0.352 e. The highest BCUT2D eigenvalue weighted by Crippen LogP contribution is 2.23. The van der Waals surface area contributed by atoms with Gasteiger partial charge in [-0.25, -0.2) is 0 Å². The second-order valence-electron chi connectivity index (χ2n) is 4.21. The van der Waals surface area contributed by atoms with Gasteiger partial charge in [-0.1, -0.05) is 48.6 Å². The van der Waals surface area contributed by atoms with Crippen LogP contribution >= 0.6 is 0 Å². The van der Waals surface area contributed by atoms with Gasteiger partial charge < -0.3 is 5.32 Å². The fraction of sp³-hybridized carbons (Fsp3) is 0.267. The molecule has 0 saturated carbocycles. The number of allylic oxidation sites excluding steroid dienone is 3. The Labute approximate surface area is 102 Å². The number of amides is 1. The van der Waals surface area contributed by atoms with Crippen LogP contribution in [0.25, 0.3) is 0 Å². The highest BCUT2D eigenvalue weighted by Gasteiger charge is 2.11. The smallest absolute Gasteiger partial charge is 0.207 e. The Kier molecular flexibility index (Phi) is 4.14. The zero-order valence-electron chi connectivity index (χ0n) is 9.80. The van der Waals surface area contributed by atoms with Crippen LogP contribution in [0, 0.1) is 0 Å². The van der Waals surface area contributed by atoms with Crippen molar-refractivity contribution < 1.29 is 4.79 Å². The second-order valence-corrected chi connectivity index (χ2v) is 4.21. The van der Waals surface area contributed by atoms with Gasteiger partial charge in [0.1, 0.15) is 0 Å². The number of hydrogen-bond acceptors (Lipinski definition) is 1. The maximum Gasteiger partial charge on any atom is 0.207 e. The number of carbonyl (C=O) groups is 1. The summed E-state index contributed by atoms with van der Waals surface area (Å²) < 4.78 is 0. The van der Waals surface area contributed by atoms with E-state index in [4.69, 9.17) is 0 Å². The number of rotatable bonds is 5. The standard InChI is InChI=1S/C15H17NO/c17-12-16-15(14-9-5-2-6-10-14)11-13-7-3-1-4-8-13/h2-3,5-10,12,15H,1,4,11H2,(H,16,17). The van der Waals surface area contributed by atoms with E-state index >= 15 is 0 Å². The summed E-state index contributed by atoms with van der Waals surface area (Å²) >= 11 is 0. The van der Waals surface area contributed by atoms with Gasteiger partial charge in [-0.3, -0.25) is 4.79 Å². The highest BCUT2D eigenvalue weighted by atomic mass is 16.1. The first-order valence-electron chi connectivity index (χ1n) is 6.00. The average molecular weight is 227 g/mol. The molecule has 17 heavy (non-hydrogen) atoms. The van der Waals surface area contributed by atoms with Crippen LogP contribution in [0.3, 0.4) is 0 Å². The molecule has 0 heterocycles. The van der Waals surface area contributed by atoms with E-state index in [1.54, 1.807) is 0 Å². The zero-order chi connectivity index (χ0) is 11.9. The highest BCUT2D eigenvalue weighted by molar-refractivity contribution is 5.48. The Balaban J connectivity index is 2.10. The van der Waals surface area contributed by atoms with Gasteiger partial charge in [0, 0.05) is 0 Å². The fourth-order valence-corrected chi connectivity index (χ4v) is 2.10. The topological polar surface area (TPSA) is 29.1 Å². The molecular weight excluding hydrogens is 210 g/mol. The molecule has 1 atom stereocenters. The molecule has 0 spiro atoms. The van der Waals surface area contributed by atoms with Gasteiger partial charge in [0.2, 0.25) is 6.41 Å². The summed E-state index contributed by atoms with van der Waals surface area (Å²) in [6, 6.07) is 10.2. The minimum Gasteiger partial charge on any atom is -0.352 e. The molecule has 2 rings (SSSR count). The Hall–Kier alpha value is -1.83. The van der Waals surface area contributed by atoms with E-state index in [9.17, 15) is 4.79 Å². The predicted molar refractivity (Wildman–Crippen MR) is 69.5 cm³/mol. The Morgan fingerprint density at radius 2 is 2.06 bits per heavy atom. The third kappa shape index (κ3) is 3.31. The molecule has 0 aromatic heterocycles. The second kappa shape index (κ2) is 6.04. The molecule has 88 valence electrons. The molecule has 0 aliphatic heterocycles. The predicted octanol–water partition coefficient (Wildman–Crippen LogP) is 3.14. The molecule has 0 radical (unpaired) electrons. The third-order valence-electron chi connectivity index (χ3n) is 2.98. The molecule has 1 N–H and O–H groups in total. The lowest BCUT2D eigenvalue weighted by Crippen LogP contribution is -2.20. The minimum absolute atomic E-state index is 0.0719. The van der Waals surface area contributed by atoms with E-state index in [-0.39, 0.29) is 6.04 Å². The first-order valence-corrected chi connectivity index (χ1v) is 6.00. The minimum atomic E-state index is 0.0719. The van der Waals surface area contributed by atoms with Crippen LogP contribution in [0.1, 0.15) is 30.9 Å². The Bertz CT molecular complexity index is 420. The van der Waals surface area contributed by atoms with Gasteiger partial charge in [0.05, 0.1) is 6.04 Å². The van der Waals surface area contributed by atoms with Crippen molar-refractivity contribution in [3.05, 3.63) is 59.7 Å². The molecule has 0 fully saturated rings. The third-order valence-corrected chi connectivity index (χ3v) is 2.98. The molecule has 2 heteroatoms. The van der Waals surface area contributed by atoms with Crippen molar-refractivity contribution in [2.45, 2.75) is 25.3 Å². The van der Waals surface area contributed by atoms with Gasteiger partial charge in [-0.15, -0.1) is 0 Å². The zero-order valence-corrected chi connectivity index (χ0v) is 9.80. The number of hydrogen-bond donors (Lipinski definition) is 1. The summed E-state index contributed by atoms with van der Waals surface area (Å²) in [6.07, 6.45) is 10.5. The summed E-state index contributed by atoms with van der Waals surface area (Å²) in [6.45, 7) is 0. The van der Waals surface area contributed by atoms with Crippen LogP contribution in [0.4, 0.5) is 0 Å². The molecular formula is C15H17NO. The van der Waals surface area contributed by atoms with E-state index in [0.29, 0.717) is 0 Å². The molecule has 1 amide bonds. The lowest BCUT2D eigenvalue weighted by Gasteiger charge is -2.18. The van der Waals surface area contributed by atoms with Gasteiger partial charge in [-0.2, -0.15) is 0 Å². The van der Waals surface area contributed by atoms with Crippen molar-refractivity contribution in [1.82, 2.24) is 5.32 Å². The molecule has 1 aliphatic carbocycles. The summed E-state index contributed by atoms with van der Waals surface area (Å²) in [5, 5.41) is 2.89. The molecule has 0 bridgehead atoms.